The van der Waals surface area contributed by atoms with Gasteiger partial charge in [-0.15, -0.1) is 0 Å². The number of fused-ring (bicyclic) bond motifs is 2. The largest absolute Gasteiger partial charge is 0.416 e. The highest BCUT2D eigenvalue weighted by atomic mass is 19.4. The average molecular weight is 518 g/mol. The van der Waals surface area contributed by atoms with Crippen molar-refractivity contribution in [3.63, 3.8) is 0 Å². The van der Waals surface area contributed by atoms with Crippen LogP contribution < -0.4 is 15.8 Å². The van der Waals surface area contributed by atoms with E-state index in [1.54, 1.807) is 17.0 Å². The molecule has 3 aromatic heterocycles. The lowest BCUT2D eigenvalue weighted by molar-refractivity contribution is -0.137. The van der Waals surface area contributed by atoms with Crippen LogP contribution in [-0.4, -0.2) is 31.0 Å². The lowest BCUT2D eigenvalue weighted by atomic mass is 10.1. The van der Waals surface area contributed by atoms with E-state index in [0.717, 1.165) is 17.7 Å². The molecule has 11 heteroatoms. The van der Waals surface area contributed by atoms with Crippen molar-refractivity contribution in [3.05, 3.63) is 106 Å². The van der Waals surface area contributed by atoms with Crippen LogP contribution >= 0.6 is 0 Å². The molecule has 0 aliphatic carbocycles. The Balaban J connectivity index is 1.36. The molecule has 192 valence electrons. The monoisotopic (exact) mass is 517 g/mol. The number of imidazole rings is 1. The summed E-state index contributed by atoms with van der Waals surface area (Å²) in [6, 6.07) is 16.4. The molecule has 1 aliphatic rings. The minimum atomic E-state index is -4.44. The molecule has 0 saturated heterocycles. The van der Waals surface area contributed by atoms with Crippen molar-refractivity contribution in [2.24, 2.45) is 0 Å². The lowest BCUT2D eigenvalue weighted by Gasteiger charge is -2.28. The minimum absolute atomic E-state index is 0.213. The zero-order valence-corrected chi connectivity index (χ0v) is 20.0. The standard InChI is InChI=1S/C27H22F3N7O/c28-27(29,30)18-8-9-22-23(13-18)35-26(34-22)36-12-10-21-20(16-36)24(38)37(19-6-2-1-3-7-19)25(33-21)32-15-17-5-4-11-31-14-17/h1-9,11,13-14H,10,12,15-16H2,(H,32,33)(H,34,35). The van der Waals surface area contributed by atoms with Gasteiger partial charge in [0.1, 0.15) is 0 Å². The summed E-state index contributed by atoms with van der Waals surface area (Å²) in [6.07, 6.45) is -0.518. The quantitative estimate of drug-likeness (QED) is 0.351. The van der Waals surface area contributed by atoms with Gasteiger partial charge in [0.15, 0.2) is 0 Å². The van der Waals surface area contributed by atoms with Gasteiger partial charge in [0.25, 0.3) is 5.56 Å². The molecule has 2 N–H and O–H groups in total. The zero-order valence-electron chi connectivity index (χ0n) is 20.0. The summed E-state index contributed by atoms with van der Waals surface area (Å²) in [4.78, 5) is 32.1. The molecule has 0 saturated carbocycles. The van der Waals surface area contributed by atoms with Gasteiger partial charge >= 0.3 is 6.18 Å². The number of para-hydroxylation sites is 1. The molecule has 0 atom stereocenters. The van der Waals surface area contributed by atoms with Crippen LogP contribution in [0.15, 0.2) is 77.9 Å². The molecule has 2 aromatic carbocycles. The number of rotatable bonds is 5. The first-order valence-corrected chi connectivity index (χ1v) is 12.0. The number of aromatic amines is 1. The normalized spacial score (nSPS) is 13.5. The van der Waals surface area contributed by atoms with Gasteiger partial charge in [0.2, 0.25) is 11.9 Å². The van der Waals surface area contributed by atoms with E-state index in [9.17, 15) is 18.0 Å². The lowest BCUT2D eigenvalue weighted by Crippen LogP contribution is -2.39. The first-order valence-electron chi connectivity index (χ1n) is 12.0. The highest BCUT2D eigenvalue weighted by Gasteiger charge is 2.31. The molecule has 6 rings (SSSR count). The van der Waals surface area contributed by atoms with E-state index in [1.807, 2.05) is 47.4 Å². The van der Waals surface area contributed by atoms with Crippen molar-refractivity contribution in [2.75, 3.05) is 16.8 Å². The number of H-pyrrole nitrogens is 1. The predicted molar refractivity (Wildman–Crippen MR) is 137 cm³/mol. The van der Waals surface area contributed by atoms with E-state index >= 15 is 0 Å². The summed E-state index contributed by atoms with van der Waals surface area (Å²) in [5, 5.41) is 3.28. The molecular weight excluding hydrogens is 495 g/mol. The van der Waals surface area contributed by atoms with Crippen molar-refractivity contribution in [1.29, 1.82) is 0 Å². The second-order valence-corrected chi connectivity index (χ2v) is 9.01. The minimum Gasteiger partial charge on any atom is -0.351 e. The number of hydrogen-bond donors (Lipinski definition) is 2. The highest BCUT2D eigenvalue weighted by molar-refractivity contribution is 5.78. The average Bonchev–Trinajstić information content (AvgIpc) is 3.36. The van der Waals surface area contributed by atoms with Crippen LogP contribution in [0.25, 0.3) is 16.7 Å². The number of halogens is 3. The van der Waals surface area contributed by atoms with E-state index in [2.05, 4.69) is 20.3 Å². The number of aromatic nitrogens is 5. The molecule has 0 amide bonds. The Kier molecular flexibility index (Phi) is 5.82. The van der Waals surface area contributed by atoms with Crippen LogP contribution in [0.3, 0.4) is 0 Å². The number of benzene rings is 2. The number of nitrogens with one attached hydrogen (secondary N) is 2. The highest BCUT2D eigenvalue weighted by Crippen LogP contribution is 2.32. The maximum Gasteiger partial charge on any atom is 0.416 e. The smallest absolute Gasteiger partial charge is 0.351 e. The number of nitrogens with zero attached hydrogens (tertiary/aromatic N) is 5. The Morgan fingerprint density at radius 3 is 2.63 bits per heavy atom. The van der Waals surface area contributed by atoms with Gasteiger partial charge in [-0.25, -0.2) is 14.5 Å². The summed E-state index contributed by atoms with van der Waals surface area (Å²) in [5.41, 5.74) is 2.57. The molecule has 0 spiro atoms. The van der Waals surface area contributed by atoms with E-state index in [0.29, 0.717) is 53.9 Å². The zero-order chi connectivity index (χ0) is 26.3. The Bertz CT molecular complexity index is 1660. The fourth-order valence-corrected chi connectivity index (χ4v) is 4.60. The summed E-state index contributed by atoms with van der Waals surface area (Å²) in [6.45, 7) is 1.17. The molecule has 38 heavy (non-hydrogen) atoms. The van der Waals surface area contributed by atoms with Crippen LogP contribution in [0, 0.1) is 0 Å². The number of pyridine rings is 1. The van der Waals surface area contributed by atoms with Crippen LogP contribution in [-0.2, 0) is 25.7 Å². The molecule has 0 bridgehead atoms. The SMILES string of the molecule is O=c1c2c(nc(NCc3cccnc3)n1-c1ccccc1)CCN(c1nc3ccc(C(F)(F)F)cc3[nH]1)C2. The third kappa shape index (κ3) is 4.47. The van der Waals surface area contributed by atoms with Crippen LogP contribution in [0.4, 0.5) is 25.1 Å². The number of alkyl halides is 3. The topological polar surface area (TPSA) is 91.7 Å². The summed E-state index contributed by atoms with van der Waals surface area (Å²) in [5.74, 6) is 0.843. The molecular formula is C27H22F3N7O. The van der Waals surface area contributed by atoms with Gasteiger partial charge in [-0.3, -0.25) is 9.78 Å². The molecule has 4 heterocycles. The Morgan fingerprint density at radius 1 is 1.03 bits per heavy atom. The van der Waals surface area contributed by atoms with Crippen molar-refractivity contribution < 1.29 is 13.2 Å². The Labute approximate surface area is 214 Å². The first kappa shape index (κ1) is 23.7. The van der Waals surface area contributed by atoms with Gasteiger partial charge < -0.3 is 15.2 Å². The predicted octanol–water partition coefficient (Wildman–Crippen LogP) is 4.70. The number of hydrogen-bond acceptors (Lipinski definition) is 6. The molecule has 0 unspecified atom stereocenters. The second-order valence-electron chi connectivity index (χ2n) is 9.01. The van der Waals surface area contributed by atoms with E-state index in [1.165, 1.54) is 6.07 Å². The Morgan fingerprint density at radius 2 is 1.87 bits per heavy atom. The molecule has 5 aromatic rings. The van der Waals surface area contributed by atoms with Gasteiger partial charge in [0, 0.05) is 31.9 Å². The first-order chi connectivity index (χ1) is 18.4. The Hall–Kier alpha value is -4.67. The van der Waals surface area contributed by atoms with Gasteiger partial charge in [-0.2, -0.15) is 13.2 Å². The van der Waals surface area contributed by atoms with Crippen LogP contribution in [0.1, 0.15) is 22.4 Å². The van der Waals surface area contributed by atoms with E-state index < -0.39 is 11.7 Å². The van der Waals surface area contributed by atoms with Gasteiger partial charge in [0.05, 0.1) is 40.1 Å². The van der Waals surface area contributed by atoms with Crippen molar-refractivity contribution in [2.45, 2.75) is 25.7 Å². The number of anilines is 2. The third-order valence-electron chi connectivity index (χ3n) is 6.51. The fraction of sp³-hybridized carbons (Fsp3) is 0.185. The van der Waals surface area contributed by atoms with Crippen LogP contribution in [0.5, 0.6) is 0 Å². The third-order valence-corrected chi connectivity index (χ3v) is 6.51. The van der Waals surface area contributed by atoms with Crippen molar-refractivity contribution in [3.8, 4) is 5.69 Å². The maximum absolute atomic E-state index is 13.8. The molecule has 0 radical (unpaired) electrons. The summed E-state index contributed by atoms with van der Waals surface area (Å²) >= 11 is 0. The van der Waals surface area contributed by atoms with Crippen LogP contribution in [0.2, 0.25) is 0 Å². The van der Waals surface area contributed by atoms with Crippen molar-refractivity contribution >= 4 is 22.9 Å². The maximum atomic E-state index is 13.8. The summed E-state index contributed by atoms with van der Waals surface area (Å²) in [7, 11) is 0. The molecule has 8 nitrogen and oxygen atoms in total. The molecule has 1 aliphatic heterocycles. The van der Waals surface area contributed by atoms with E-state index in [4.69, 9.17) is 4.98 Å². The second kappa shape index (κ2) is 9.33. The summed E-state index contributed by atoms with van der Waals surface area (Å²) < 4.78 is 41.0. The molecule has 0 fully saturated rings. The van der Waals surface area contributed by atoms with Gasteiger partial charge in [-0.1, -0.05) is 24.3 Å². The van der Waals surface area contributed by atoms with E-state index in [-0.39, 0.29) is 17.6 Å². The van der Waals surface area contributed by atoms with Crippen molar-refractivity contribution in [1.82, 2.24) is 24.5 Å². The fourth-order valence-electron chi connectivity index (χ4n) is 4.60. The van der Waals surface area contributed by atoms with Gasteiger partial charge in [-0.05, 0) is 42.0 Å².